The Morgan fingerprint density at radius 3 is 3.00 bits per heavy atom. The molecule has 1 saturated heterocycles. The van der Waals surface area contributed by atoms with Crippen LogP contribution < -0.4 is 15.0 Å². The van der Waals surface area contributed by atoms with E-state index in [1.54, 1.807) is 18.5 Å². The van der Waals surface area contributed by atoms with E-state index in [1.807, 2.05) is 18.3 Å². The Bertz CT molecular complexity index is 893. The molecule has 3 N–H and O–H groups in total. The maximum atomic E-state index is 10.9. The molecule has 25 heavy (non-hydrogen) atoms. The number of carboxylic acid groups (broad SMARTS) is 1. The number of ether oxygens (including phenoxy) is 1. The van der Waals surface area contributed by atoms with E-state index in [2.05, 4.69) is 25.2 Å². The molecule has 1 atom stereocenters. The van der Waals surface area contributed by atoms with E-state index in [4.69, 9.17) is 9.84 Å². The van der Waals surface area contributed by atoms with Gasteiger partial charge in [-0.2, -0.15) is 0 Å². The number of piperazine rings is 1. The topological polar surface area (TPSA) is 103 Å². The van der Waals surface area contributed by atoms with Crippen molar-refractivity contribution in [2.75, 3.05) is 24.5 Å². The zero-order valence-corrected chi connectivity index (χ0v) is 13.3. The normalized spacial score (nSPS) is 17.6. The number of hydrogen-bond donors (Lipinski definition) is 3. The average molecular weight is 339 g/mol. The van der Waals surface area contributed by atoms with E-state index >= 15 is 0 Å². The van der Waals surface area contributed by atoms with E-state index in [1.165, 1.54) is 6.07 Å². The van der Waals surface area contributed by atoms with E-state index < -0.39 is 5.97 Å². The number of carboxylic acids is 1. The molecule has 0 aromatic carbocycles. The number of aromatic nitrogens is 3. The first-order valence-corrected chi connectivity index (χ1v) is 7.96. The Kier molecular flexibility index (Phi) is 3.95. The molecule has 8 nitrogen and oxygen atoms in total. The highest BCUT2D eigenvalue weighted by Crippen LogP contribution is 2.20. The molecule has 0 radical (unpaired) electrons. The summed E-state index contributed by atoms with van der Waals surface area (Å²) in [7, 11) is 0. The number of carbonyl (C=O) groups is 1. The van der Waals surface area contributed by atoms with Crippen LogP contribution in [0.15, 0.2) is 42.9 Å². The average Bonchev–Trinajstić information content (AvgIpc) is 3.10. The van der Waals surface area contributed by atoms with Crippen molar-refractivity contribution in [3.8, 4) is 5.75 Å². The maximum absolute atomic E-state index is 10.9. The van der Waals surface area contributed by atoms with Gasteiger partial charge in [-0.15, -0.1) is 0 Å². The summed E-state index contributed by atoms with van der Waals surface area (Å²) in [6.45, 7) is 2.17. The van der Waals surface area contributed by atoms with Crippen molar-refractivity contribution in [1.29, 1.82) is 0 Å². The molecule has 0 saturated carbocycles. The molecule has 1 aliphatic heterocycles. The van der Waals surface area contributed by atoms with Gasteiger partial charge in [-0.3, -0.25) is 5.32 Å². The minimum Gasteiger partial charge on any atom is -0.477 e. The fourth-order valence-electron chi connectivity index (χ4n) is 2.88. The second kappa shape index (κ2) is 6.40. The molecule has 1 aliphatic rings. The van der Waals surface area contributed by atoms with Crippen molar-refractivity contribution in [3.63, 3.8) is 0 Å². The standard InChI is InChI=1S/C17H17N5O3/c23-17(24)14-2-1-12(8-20-14)22-6-5-18-15(10-22)25-13-7-11-3-4-19-16(11)21-9-13/h1-4,7-9,15,18H,5-6,10H2,(H,19,21)(H,23,24). The van der Waals surface area contributed by atoms with Gasteiger partial charge in [0.1, 0.15) is 17.1 Å². The first kappa shape index (κ1) is 15.4. The van der Waals surface area contributed by atoms with Crippen LogP contribution in [0.2, 0.25) is 0 Å². The quantitative estimate of drug-likeness (QED) is 0.661. The van der Waals surface area contributed by atoms with Crippen molar-refractivity contribution in [3.05, 3.63) is 48.5 Å². The molecule has 4 rings (SSSR count). The summed E-state index contributed by atoms with van der Waals surface area (Å²) in [5.74, 6) is -0.327. The monoisotopic (exact) mass is 339 g/mol. The molecule has 1 unspecified atom stereocenters. The Morgan fingerprint density at radius 2 is 2.20 bits per heavy atom. The predicted octanol–water partition coefficient (Wildman–Crippen LogP) is 1.47. The van der Waals surface area contributed by atoms with Crippen molar-refractivity contribution in [2.45, 2.75) is 6.23 Å². The number of pyridine rings is 2. The van der Waals surface area contributed by atoms with Gasteiger partial charge in [0, 0.05) is 24.7 Å². The third kappa shape index (κ3) is 3.24. The van der Waals surface area contributed by atoms with Crippen LogP contribution in [-0.4, -0.2) is 51.9 Å². The third-order valence-corrected chi connectivity index (χ3v) is 4.13. The lowest BCUT2D eigenvalue weighted by atomic mass is 10.2. The number of rotatable bonds is 4. The number of fused-ring (bicyclic) bond motifs is 1. The summed E-state index contributed by atoms with van der Waals surface area (Å²) in [4.78, 5) is 24.4. The van der Waals surface area contributed by atoms with Crippen molar-refractivity contribution >= 4 is 22.7 Å². The molecule has 128 valence electrons. The summed E-state index contributed by atoms with van der Waals surface area (Å²) in [5.41, 5.74) is 1.74. The van der Waals surface area contributed by atoms with Gasteiger partial charge in [0.25, 0.3) is 0 Å². The Balaban J connectivity index is 1.45. The number of nitrogens with one attached hydrogen (secondary N) is 2. The number of nitrogens with zero attached hydrogens (tertiary/aromatic N) is 3. The minimum absolute atomic E-state index is 0.0394. The fraction of sp³-hybridized carbons (Fsp3) is 0.235. The van der Waals surface area contributed by atoms with E-state index in [-0.39, 0.29) is 11.9 Å². The van der Waals surface area contributed by atoms with Crippen molar-refractivity contribution in [1.82, 2.24) is 20.3 Å². The minimum atomic E-state index is -1.03. The zero-order valence-electron chi connectivity index (χ0n) is 13.3. The number of H-pyrrole nitrogens is 1. The molecule has 0 bridgehead atoms. The number of aromatic amines is 1. The largest absolute Gasteiger partial charge is 0.477 e. The van der Waals surface area contributed by atoms with E-state index in [0.29, 0.717) is 12.3 Å². The van der Waals surface area contributed by atoms with Crippen LogP contribution in [0.5, 0.6) is 5.75 Å². The smallest absolute Gasteiger partial charge is 0.354 e. The molecular formula is C17H17N5O3. The first-order valence-electron chi connectivity index (χ1n) is 7.96. The summed E-state index contributed by atoms with van der Waals surface area (Å²) in [6, 6.07) is 7.18. The van der Waals surface area contributed by atoms with Gasteiger partial charge in [-0.1, -0.05) is 0 Å². The van der Waals surface area contributed by atoms with Gasteiger partial charge < -0.3 is 19.7 Å². The second-order valence-corrected chi connectivity index (χ2v) is 5.80. The summed E-state index contributed by atoms with van der Waals surface area (Å²) in [6.07, 6.45) is 4.93. The van der Waals surface area contributed by atoms with Crippen molar-refractivity contribution < 1.29 is 14.6 Å². The van der Waals surface area contributed by atoms with Crippen LogP contribution in [0, 0.1) is 0 Å². The highest BCUT2D eigenvalue weighted by Gasteiger charge is 2.21. The van der Waals surface area contributed by atoms with Crippen LogP contribution in [0.25, 0.3) is 11.0 Å². The molecule has 0 aliphatic carbocycles. The molecule has 3 aromatic rings. The van der Waals surface area contributed by atoms with Crippen LogP contribution in [0.4, 0.5) is 5.69 Å². The summed E-state index contributed by atoms with van der Waals surface area (Å²) < 4.78 is 6.00. The van der Waals surface area contributed by atoms with Crippen LogP contribution in [0.3, 0.4) is 0 Å². The van der Waals surface area contributed by atoms with Gasteiger partial charge in [-0.25, -0.2) is 14.8 Å². The summed E-state index contributed by atoms with van der Waals surface area (Å²) in [5, 5.41) is 13.3. The zero-order chi connectivity index (χ0) is 17.2. The van der Waals surface area contributed by atoms with Gasteiger partial charge in [-0.05, 0) is 24.3 Å². The molecule has 0 amide bonds. The van der Waals surface area contributed by atoms with Gasteiger partial charge >= 0.3 is 5.97 Å². The maximum Gasteiger partial charge on any atom is 0.354 e. The molecule has 3 aromatic heterocycles. The third-order valence-electron chi connectivity index (χ3n) is 4.13. The fourth-order valence-corrected chi connectivity index (χ4v) is 2.88. The highest BCUT2D eigenvalue weighted by atomic mass is 16.5. The molecular weight excluding hydrogens is 322 g/mol. The lowest BCUT2D eigenvalue weighted by Gasteiger charge is -2.34. The molecule has 0 spiro atoms. The summed E-state index contributed by atoms with van der Waals surface area (Å²) >= 11 is 0. The van der Waals surface area contributed by atoms with E-state index in [9.17, 15) is 4.79 Å². The lowest BCUT2D eigenvalue weighted by Crippen LogP contribution is -2.53. The van der Waals surface area contributed by atoms with Crippen LogP contribution in [-0.2, 0) is 0 Å². The SMILES string of the molecule is O=C(O)c1ccc(N2CCNC(Oc3cnc4[nH]ccc4c3)C2)cn1. The Hall–Kier alpha value is -3.13. The lowest BCUT2D eigenvalue weighted by molar-refractivity contribution is 0.0690. The molecule has 8 heteroatoms. The van der Waals surface area contributed by atoms with Crippen LogP contribution >= 0.6 is 0 Å². The molecule has 4 heterocycles. The number of aromatic carboxylic acids is 1. The van der Waals surface area contributed by atoms with Gasteiger partial charge in [0.2, 0.25) is 0 Å². The second-order valence-electron chi connectivity index (χ2n) is 5.80. The Labute approximate surface area is 143 Å². The van der Waals surface area contributed by atoms with E-state index in [0.717, 1.165) is 29.8 Å². The predicted molar refractivity (Wildman–Crippen MR) is 91.9 cm³/mol. The molecule has 1 fully saturated rings. The van der Waals surface area contributed by atoms with Crippen LogP contribution in [0.1, 0.15) is 10.5 Å². The Morgan fingerprint density at radius 1 is 1.28 bits per heavy atom. The highest BCUT2D eigenvalue weighted by molar-refractivity contribution is 5.85. The number of hydrogen-bond acceptors (Lipinski definition) is 6. The number of anilines is 1. The first-order chi connectivity index (χ1) is 12.2. The van der Waals surface area contributed by atoms with Crippen molar-refractivity contribution in [2.24, 2.45) is 0 Å². The van der Waals surface area contributed by atoms with Gasteiger partial charge in [0.15, 0.2) is 6.23 Å². The van der Waals surface area contributed by atoms with Gasteiger partial charge in [0.05, 0.1) is 24.6 Å².